The van der Waals surface area contributed by atoms with Gasteiger partial charge in [-0.25, -0.2) is 0 Å². The topological polar surface area (TPSA) is 90.9 Å². The molecule has 13 heavy (non-hydrogen) atoms. The molecule has 6 heteroatoms. The highest BCUT2D eigenvalue weighted by atomic mass is 16.4. The van der Waals surface area contributed by atoms with Gasteiger partial charge in [-0.15, -0.1) is 0 Å². The summed E-state index contributed by atoms with van der Waals surface area (Å²) in [5, 5.41) is 20.5. The zero-order valence-electron chi connectivity index (χ0n) is 7.10. The first kappa shape index (κ1) is 9.66. The van der Waals surface area contributed by atoms with Crippen LogP contribution in [0.4, 0.5) is 0 Å². The number of carboxylic acids is 1. The summed E-state index contributed by atoms with van der Waals surface area (Å²) >= 11 is 0. The highest BCUT2D eigenvalue weighted by Crippen LogP contribution is 2.03. The number of aliphatic carboxylic acids is 1. The third-order valence-electron chi connectivity index (χ3n) is 1.69. The SMILES string of the molecule is O=C(O)[C@@H]1CCCN1.c1cn[nH]n1. The van der Waals surface area contributed by atoms with Gasteiger partial charge in [0.2, 0.25) is 0 Å². The summed E-state index contributed by atoms with van der Waals surface area (Å²) in [6, 6.07) is -0.269. The number of carboxylic acid groups (broad SMARTS) is 1. The molecule has 2 rings (SSSR count). The Hall–Kier alpha value is -1.43. The van der Waals surface area contributed by atoms with Crippen LogP contribution in [0, 0.1) is 0 Å². The van der Waals surface area contributed by atoms with Crippen LogP contribution in [0.15, 0.2) is 12.4 Å². The smallest absolute Gasteiger partial charge is 0.320 e. The fourth-order valence-electron chi connectivity index (χ4n) is 1.06. The maximum Gasteiger partial charge on any atom is 0.320 e. The number of nitrogens with one attached hydrogen (secondary N) is 2. The quantitative estimate of drug-likeness (QED) is 0.553. The van der Waals surface area contributed by atoms with E-state index >= 15 is 0 Å². The van der Waals surface area contributed by atoms with Gasteiger partial charge >= 0.3 is 5.97 Å². The van der Waals surface area contributed by atoms with E-state index in [4.69, 9.17) is 5.11 Å². The molecule has 1 aliphatic rings. The van der Waals surface area contributed by atoms with Crippen molar-refractivity contribution in [2.24, 2.45) is 0 Å². The van der Waals surface area contributed by atoms with E-state index in [0.29, 0.717) is 0 Å². The molecule has 2 heterocycles. The van der Waals surface area contributed by atoms with Crippen molar-refractivity contribution in [3.05, 3.63) is 12.4 Å². The van der Waals surface area contributed by atoms with Gasteiger partial charge in [-0.2, -0.15) is 15.4 Å². The minimum absolute atomic E-state index is 0.269. The van der Waals surface area contributed by atoms with E-state index in [0.717, 1.165) is 19.4 Å². The molecule has 0 radical (unpaired) electrons. The van der Waals surface area contributed by atoms with E-state index in [1.165, 1.54) is 0 Å². The summed E-state index contributed by atoms with van der Waals surface area (Å²) in [5.41, 5.74) is 0. The summed E-state index contributed by atoms with van der Waals surface area (Å²) in [5.74, 6) is -0.720. The van der Waals surface area contributed by atoms with Crippen molar-refractivity contribution in [2.75, 3.05) is 6.54 Å². The Labute approximate surface area is 75.3 Å². The molecule has 1 saturated heterocycles. The molecule has 0 aliphatic carbocycles. The number of aromatic nitrogens is 3. The minimum atomic E-state index is -0.720. The van der Waals surface area contributed by atoms with Gasteiger partial charge in [-0.1, -0.05) is 0 Å². The first-order valence-corrected chi connectivity index (χ1v) is 4.06. The van der Waals surface area contributed by atoms with Gasteiger partial charge in [0.25, 0.3) is 0 Å². The zero-order chi connectivity index (χ0) is 9.52. The normalized spacial score (nSPS) is 20.5. The fourth-order valence-corrected chi connectivity index (χ4v) is 1.06. The Morgan fingerprint density at radius 3 is 2.38 bits per heavy atom. The first-order chi connectivity index (χ1) is 6.30. The lowest BCUT2D eigenvalue weighted by molar-refractivity contribution is -0.139. The second kappa shape index (κ2) is 5.26. The van der Waals surface area contributed by atoms with Crippen LogP contribution >= 0.6 is 0 Å². The van der Waals surface area contributed by atoms with Crippen molar-refractivity contribution < 1.29 is 9.90 Å². The molecule has 0 saturated carbocycles. The molecule has 3 N–H and O–H groups in total. The fraction of sp³-hybridized carbons (Fsp3) is 0.571. The van der Waals surface area contributed by atoms with Gasteiger partial charge in [-0.05, 0) is 19.4 Å². The van der Waals surface area contributed by atoms with Crippen molar-refractivity contribution in [3.63, 3.8) is 0 Å². The number of H-pyrrole nitrogens is 1. The van der Waals surface area contributed by atoms with Gasteiger partial charge < -0.3 is 10.4 Å². The van der Waals surface area contributed by atoms with E-state index in [1.54, 1.807) is 12.4 Å². The molecule has 0 amide bonds. The predicted molar refractivity (Wildman–Crippen MR) is 45.0 cm³/mol. The molecule has 0 bridgehead atoms. The van der Waals surface area contributed by atoms with Crippen LogP contribution in [0.5, 0.6) is 0 Å². The maximum absolute atomic E-state index is 10.1. The van der Waals surface area contributed by atoms with Crippen molar-refractivity contribution in [1.82, 2.24) is 20.7 Å². The molecule has 1 aliphatic heterocycles. The zero-order valence-corrected chi connectivity index (χ0v) is 7.10. The Kier molecular flexibility index (Phi) is 3.90. The van der Waals surface area contributed by atoms with Gasteiger partial charge in [0.15, 0.2) is 0 Å². The van der Waals surface area contributed by atoms with Crippen LogP contribution in [0.25, 0.3) is 0 Å². The van der Waals surface area contributed by atoms with Crippen LogP contribution in [-0.2, 0) is 4.79 Å². The first-order valence-electron chi connectivity index (χ1n) is 4.06. The van der Waals surface area contributed by atoms with Crippen LogP contribution in [0.3, 0.4) is 0 Å². The van der Waals surface area contributed by atoms with Crippen LogP contribution in [-0.4, -0.2) is 39.1 Å². The van der Waals surface area contributed by atoms with Crippen molar-refractivity contribution in [1.29, 1.82) is 0 Å². The minimum Gasteiger partial charge on any atom is -0.480 e. The standard InChI is InChI=1S/C5H9NO2.C2H3N3/c7-5(8)4-2-1-3-6-4;1-2-4-5-3-1/h4,6H,1-3H2,(H,7,8);1-2H,(H,3,4,5)/t4-;/m0./s1. The number of rotatable bonds is 1. The highest BCUT2D eigenvalue weighted by Gasteiger charge is 2.20. The van der Waals surface area contributed by atoms with Crippen LogP contribution in [0.1, 0.15) is 12.8 Å². The van der Waals surface area contributed by atoms with Crippen LogP contribution < -0.4 is 5.32 Å². The van der Waals surface area contributed by atoms with E-state index in [9.17, 15) is 4.79 Å². The largest absolute Gasteiger partial charge is 0.480 e. The molecular formula is C7H12N4O2. The van der Waals surface area contributed by atoms with Crippen LogP contribution in [0.2, 0.25) is 0 Å². The average molecular weight is 184 g/mol. The summed E-state index contributed by atoms with van der Waals surface area (Å²) in [6.45, 7) is 0.858. The van der Waals surface area contributed by atoms with Crippen molar-refractivity contribution in [2.45, 2.75) is 18.9 Å². The summed E-state index contributed by atoms with van der Waals surface area (Å²) < 4.78 is 0. The van der Waals surface area contributed by atoms with Gasteiger partial charge in [0.05, 0.1) is 12.4 Å². The van der Waals surface area contributed by atoms with E-state index in [1.807, 2.05) is 0 Å². The molecule has 72 valence electrons. The lowest BCUT2D eigenvalue weighted by Gasteiger charge is -1.99. The summed E-state index contributed by atoms with van der Waals surface area (Å²) in [7, 11) is 0. The number of hydrogen-bond donors (Lipinski definition) is 3. The lowest BCUT2D eigenvalue weighted by atomic mass is 10.2. The third-order valence-corrected chi connectivity index (χ3v) is 1.69. The summed E-state index contributed by atoms with van der Waals surface area (Å²) in [4.78, 5) is 10.1. The number of nitrogens with zero attached hydrogens (tertiary/aromatic N) is 2. The Morgan fingerprint density at radius 1 is 1.46 bits per heavy atom. The highest BCUT2D eigenvalue weighted by molar-refractivity contribution is 5.73. The Morgan fingerprint density at radius 2 is 2.15 bits per heavy atom. The molecule has 0 spiro atoms. The van der Waals surface area contributed by atoms with Gasteiger partial charge in [-0.3, -0.25) is 4.79 Å². The second-order valence-electron chi connectivity index (χ2n) is 2.64. The van der Waals surface area contributed by atoms with Gasteiger partial charge in [0, 0.05) is 0 Å². The molecule has 1 aromatic heterocycles. The number of aromatic amines is 1. The van der Waals surface area contributed by atoms with E-state index in [-0.39, 0.29) is 6.04 Å². The lowest BCUT2D eigenvalue weighted by Crippen LogP contribution is -2.29. The van der Waals surface area contributed by atoms with Gasteiger partial charge in [0.1, 0.15) is 6.04 Å². The molecular weight excluding hydrogens is 172 g/mol. The predicted octanol–water partition coefficient (Wildman–Crippen LogP) is -0.372. The molecule has 1 aromatic rings. The second-order valence-corrected chi connectivity index (χ2v) is 2.64. The number of carbonyl (C=O) groups is 1. The summed E-state index contributed by atoms with van der Waals surface area (Å²) in [6.07, 6.45) is 4.95. The monoisotopic (exact) mass is 184 g/mol. The number of hydrogen-bond acceptors (Lipinski definition) is 4. The Bertz CT molecular complexity index is 213. The van der Waals surface area contributed by atoms with Crippen molar-refractivity contribution in [3.8, 4) is 0 Å². The molecule has 6 nitrogen and oxygen atoms in total. The maximum atomic E-state index is 10.1. The third kappa shape index (κ3) is 3.66. The Balaban J connectivity index is 0.000000145. The average Bonchev–Trinajstić information content (AvgIpc) is 2.82. The van der Waals surface area contributed by atoms with E-state index in [2.05, 4.69) is 20.7 Å². The van der Waals surface area contributed by atoms with Crippen molar-refractivity contribution >= 4 is 5.97 Å². The molecule has 0 aromatic carbocycles. The molecule has 1 fully saturated rings. The molecule has 1 atom stereocenters. The van der Waals surface area contributed by atoms with E-state index < -0.39 is 5.97 Å². The molecule has 0 unspecified atom stereocenters.